The largest absolute Gasteiger partial charge is 0.461 e. The molecule has 0 saturated carbocycles. The van der Waals surface area contributed by atoms with Crippen LogP contribution in [0.15, 0.2) is 0 Å². The Balaban J connectivity index is 2.21. The van der Waals surface area contributed by atoms with E-state index in [1.54, 1.807) is 6.92 Å². The van der Waals surface area contributed by atoms with E-state index in [-0.39, 0.29) is 36.4 Å². The molecule has 0 aromatic heterocycles. The number of fused-ring (bicyclic) bond motifs is 1. The molecule has 0 aromatic carbocycles. The fourth-order valence-corrected chi connectivity index (χ4v) is 3.55. The normalized spacial score (nSPS) is 38.2. The third-order valence-corrected chi connectivity index (χ3v) is 5.28. The summed E-state index contributed by atoms with van der Waals surface area (Å²) in [7, 11) is 0. The number of carbonyl (C=O) groups excluding carboxylic acids is 4. The quantitative estimate of drug-likeness (QED) is 0.527. The molecule has 2 saturated heterocycles. The molecule has 0 aliphatic carbocycles. The molecule has 2 aliphatic rings. The maximum absolute atomic E-state index is 12.7. The number of cyclic esters (lactones) is 1. The molecule has 0 bridgehead atoms. The molecule has 25 heavy (non-hydrogen) atoms. The summed E-state index contributed by atoms with van der Waals surface area (Å²) in [6.45, 7) is 7.00. The Morgan fingerprint density at radius 1 is 1.04 bits per heavy atom. The van der Waals surface area contributed by atoms with Crippen LogP contribution in [-0.2, 0) is 23.9 Å². The standard InChI is InChI=1S/C18H27NO6/c1-9-5-6-13(20)11(3)17(22)24-8-14-15(19-18(23)25-14)12(4)16(21)10(2)7-9/h9-12,14-15H,5-8H2,1-4H3,(H,19,23)/t9-,10-,11?,12?,14?,15?/m1/s1. The van der Waals surface area contributed by atoms with E-state index < -0.39 is 36.0 Å². The number of rotatable bonds is 0. The van der Waals surface area contributed by atoms with Crippen molar-refractivity contribution in [3.63, 3.8) is 0 Å². The van der Waals surface area contributed by atoms with E-state index in [0.29, 0.717) is 12.8 Å². The number of amides is 1. The molecule has 1 amide bonds. The minimum atomic E-state index is -0.838. The van der Waals surface area contributed by atoms with Crippen LogP contribution in [-0.4, -0.2) is 42.4 Å². The average Bonchev–Trinajstić information content (AvgIpc) is 2.95. The third-order valence-electron chi connectivity index (χ3n) is 5.28. The molecule has 2 aliphatic heterocycles. The summed E-state index contributed by atoms with van der Waals surface area (Å²) < 4.78 is 10.3. The fourth-order valence-electron chi connectivity index (χ4n) is 3.55. The highest BCUT2D eigenvalue weighted by molar-refractivity contribution is 5.98. The summed E-state index contributed by atoms with van der Waals surface area (Å²) in [6.07, 6.45) is 0.234. The van der Waals surface area contributed by atoms with Gasteiger partial charge in [-0.3, -0.25) is 14.4 Å². The number of hydrogen-bond acceptors (Lipinski definition) is 6. The van der Waals surface area contributed by atoms with Crippen molar-refractivity contribution in [2.24, 2.45) is 23.7 Å². The molecule has 2 heterocycles. The lowest BCUT2D eigenvalue weighted by Gasteiger charge is -2.26. The minimum absolute atomic E-state index is 0.0377. The molecule has 0 radical (unpaired) electrons. The Kier molecular flexibility index (Phi) is 6.19. The number of ether oxygens (including phenoxy) is 2. The van der Waals surface area contributed by atoms with Crippen LogP contribution < -0.4 is 5.32 Å². The lowest BCUT2D eigenvalue weighted by Crippen LogP contribution is -2.45. The van der Waals surface area contributed by atoms with Crippen LogP contribution >= 0.6 is 0 Å². The van der Waals surface area contributed by atoms with Gasteiger partial charge in [0, 0.05) is 18.3 Å². The van der Waals surface area contributed by atoms with E-state index >= 15 is 0 Å². The maximum atomic E-state index is 12.7. The Morgan fingerprint density at radius 3 is 2.40 bits per heavy atom. The molecule has 2 rings (SSSR count). The molecule has 7 nitrogen and oxygen atoms in total. The highest BCUT2D eigenvalue weighted by atomic mass is 16.6. The van der Waals surface area contributed by atoms with Gasteiger partial charge < -0.3 is 14.8 Å². The van der Waals surface area contributed by atoms with E-state index in [2.05, 4.69) is 5.32 Å². The Hall–Kier alpha value is -1.92. The first-order chi connectivity index (χ1) is 11.7. The number of carbonyl (C=O) groups is 4. The van der Waals surface area contributed by atoms with E-state index in [0.717, 1.165) is 0 Å². The van der Waals surface area contributed by atoms with Crippen molar-refractivity contribution in [2.75, 3.05) is 6.61 Å². The van der Waals surface area contributed by atoms with E-state index in [1.807, 2.05) is 13.8 Å². The van der Waals surface area contributed by atoms with Crippen LogP contribution in [0.1, 0.15) is 47.0 Å². The van der Waals surface area contributed by atoms with E-state index in [9.17, 15) is 19.2 Å². The lowest BCUT2D eigenvalue weighted by molar-refractivity contribution is -0.154. The number of hydrogen-bond donors (Lipinski definition) is 1. The predicted octanol–water partition coefficient (Wildman–Crippen LogP) is 1.87. The number of ketones is 2. The van der Waals surface area contributed by atoms with Gasteiger partial charge in [-0.2, -0.15) is 0 Å². The number of alkyl carbamates (subject to hydrolysis) is 1. The van der Waals surface area contributed by atoms with Crippen LogP contribution in [0, 0.1) is 23.7 Å². The second-order valence-electron chi connectivity index (χ2n) is 7.40. The molecule has 140 valence electrons. The monoisotopic (exact) mass is 353 g/mol. The average molecular weight is 353 g/mol. The lowest BCUT2D eigenvalue weighted by atomic mass is 9.82. The van der Waals surface area contributed by atoms with Gasteiger partial charge >= 0.3 is 12.1 Å². The first kappa shape index (κ1) is 19.4. The smallest absolute Gasteiger partial charge is 0.407 e. The summed E-state index contributed by atoms with van der Waals surface area (Å²) in [5.41, 5.74) is 0. The number of Topliss-reactive ketones (excluding diaryl/α,β-unsaturated/α-hetero) is 2. The highest BCUT2D eigenvalue weighted by Gasteiger charge is 2.42. The van der Waals surface area contributed by atoms with Crippen LogP contribution in [0.4, 0.5) is 4.79 Å². The van der Waals surface area contributed by atoms with Crippen molar-refractivity contribution in [3.8, 4) is 0 Å². The van der Waals surface area contributed by atoms with Crippen molar-refractivity contribution in [1.29, 1.82) is 0 Å². The second kappa shape index (κ2) is 7.97. The molecule has 0 spiro atoms. The van der Waals surface area contributed by atoms with Gasteiger partial charge in [-0.1, -0.05) is 20.8 Å². The van der Waals surface area contributed by atoms with Gasteiger partial charge in [-0.25, -0.2) is 4.79 Å². The summed E-state index contributed by atoms with van der Waals surface area (Å²) in [4.78, 5) is 48.5. The molecule has 0 aromatic rings. The van der Waals surface area contributed by atoms with E-state index in [1.165, 1.54) is 6.92 Å². The van der Waals surface area contributed by atoms with E-state index in [4.69, 9.17) is 9.47 Å². The zero-order valence-electron chi connectivity index (χ0n) is 15.2. The van der Waals surface area contributed by atoms with Crippen molar-refractivity contribution in [3.05, 3.63) is 0 Å². The molecular weight excluding hydrogens is 326 g/mol. The van der Waals surface area contributed by atoms with Gasteiger partial charge in [-0.15, -0.1) is 0 Å². The minimum Gasteiger partial charge on any atom is -0.461 e. The van der Waals surface area contributed by atoms with Crippen LogP contribution in [0.2, 0.25) is 0 Å². The Bertz CT molecular complexity index is 560. The van der Waals surface area contributed by atoms with Gasteiger partial charge in [0.25, 0.3) is 0 Å². The molecular formula is C18H27NO6. The maximum Gasteiger partial charge on any atom is 0.407 e. The Labute approximate surface area is 147 Å². The summed E-state index contributed by atoms with van der Waals surface area (Å²) in [6, 6.07) is -0.542. The first-order valence-electron chi connectivity index (χ1n) is 8.91. The zero-order valence-corrected chi connectivity index (χ0v) is 15.2. The van der Waals surface area contributed by atoms with Crippen molar-refractivity contribution >= 4 is 23.6 Å². The number of esters is 1. The fraction of sp³-hybridized carbons (Fsp3) is 0.778. The van der Waals surface area contributed by atoms with Gasteiger partial charge in [0.1, 0.15) is 24.1 Å². The summed E-state index contributed by atoms with van der Waals surface area (Å²) in [5.74, 6) is -2.03. The molecule has 1 N–H and O–H groups in total. The van der Waals surface area contributed by atoms with Gasteiger partial charge in [0.2, 0.25) is 0 Å². The van der Waals surface area contributed by atoms with Gasteiger partial charge in [0.05, 0.1) is 6.04 Å². The first-order valence-corrected chi connectivity index (χ1v) is 8.91. The predicted molar refractivity (Wildman–Crippen MR) is 88.7 cm³/mol. The molecule has 6 atom stereocenters. The molecule has 7 heteroatoms. The van der Waals surface area contributed by atoms with Crippen molar-refractivity contribution in [2.45, 2.75) is 59.1 Å². The SMILES string of the molecule is CC1C(=O)CC[C@@H](C)C[C@@H](C)C(=O)C(C)C2NC(=O)OC2COC1=O. The summed E-state index contributed by atoms with van der Waals surface area (Å²) in [5, 5.41) is 2.64. The molecule has 2 fully saturated rings. The Morgan fingerprint density at radius 2 is 1.72 bits per heavy atom. The highest BCUT2D eigenvalue weighted by Crippen LogP contribution is 2.26. The van der Waals surface area contributed by atoms with Crippen molar-refractivity contribution < 1.29 is 28.7 Å². The topological polar surface area (TPSA) is 98.8 Å². The number of nitrogens with one attached hydrogen (secondary N) is 1. The van der Waals surface area contributed by atoms with Gasteiger partial charge in [-0.05, 0) is 25.7 Å². The van der Waals surface area contributed by atoms with Crippen molar-refractivity contribution in [1.82, 2.24) is 5.32 Å². The molecule has 4 unspecified atom stereocenters. The summed E-state index contributed by atoms with van der Waals surface area (Å²) >= 11 is 0. The zero-order chi connectivity index (χ0) is 18.7. The third kappa shape index (κ3) is 4.58. The van der Waals surface area contributed by atoms with Crippen LogP contribution in [0.3, 0.4) is 0 Å². The second-order valence-corrected chi connectivity index (χ2v) is 7.40. The van der Waals surface area contributed by atoms with Crippen LogP contribution in [0.5, 0.6) is 0 Å². The van der Waals surface area contributed by atoms with Crippen LogP contribution in [0.25, 0.3) is 0 Å². The van der Waals surface area contributed by atoms with Gasteiger partial charge in [0.15, 0.2) is 6.10 Å².